The van der Waals surface area contributed by atoms with Crippen LogP contribution in [-0.4, -0.2) is 46.9 Å². The van der Waals surface area contributed by atoms with Gasteiger partial charge in [0.25, 0.3) is 0 Å². The summed E-state index contributed by atoms with van der Waals surface area (Å²) in [6.45, 7) is 6.10. The monoisotopic (exact) mass is 760 g/mol. The molecule has 0 saturated carbocycles. The minimum Gasteiger partial charge on any atom is -0.462 e. The zero-order valence-corrected chi connectivity index (χ0v) is 34.7. The molecule has 0 heterocycles. The Morgan fingerprint density at radius 3 is 1.45 bits per heavy atom. The molecule has 3 N–H and O–H groups in total. The highest BCUT2D eigenvalue weighted by molar-refractivity contribution is 5.77. The van der Waals surface area contributed by atoms with E-state index in [-0.39, 0.29) is 31.3 Å². The molecular weight excluding hydrogens is 683 g/mol. The van der Waals surface area contributed by atoms with Crippen LogP contribution in [0, 0.1) is 0 Å². The standard InChI is InChI=1S/C49H77NO5/c1-4-7-10-13-16-19-22-24-26-28-31-34-37-40-45(55-49(54)42-39-36-33-30-27-25-23-20-17-14-11-8-5-2)43-48(53)50-46(44-51)47(52)41-38-35-32-29-21-18-15-12-9-6-3/h7-8,10-11,13-14,16-17,19-20,22-28,30-31,33,45-47,51-52H,4-6,9,12,15,18,21,29,32,34-44H2,1-3H3,(H,50,53)/b10-7+,11-8+,16-13+,17-14+,22-19-,23-20-,26-24-,27-25-,31-28+,33-30+. The van der Waals surface area contributed by atoms with Gasteiger partial charge >= 0.3 is 5.97 Å². The number of esters is 1. The van der Waals surface area contributed by atoms with E-state index >= 15 is 0 Å². The van der Waals surface area contributed by atoms with Crippen molar-refractivity contribution in [2.75, 3.05) is 6.61 Å². The van der Waals surface area contributed by atoms with Gasteiger partial charge in [0.15, 0.2) is 0 Å². The maximum atomic E-state index is 13.1. The van der Waals surface area contributed by atoms with Crippen LogP contribution in [0.2, 0.25) is 0 Å². The fourth-order valence-corrected chi connectivity index (χ4v) is 5.60. The molecule has 3 atom stereocenters. The van der Waals surface area contributed by atoms with Gasteiger partial charge in [-0.2, -0.15) is 0 Å². The van der Waals surface area contributed by atoms with Gasteiger partial charge in [-0.15, -0.1) is 0 Å². The van der Waals surface area contributed by atoms with Crippen LogP contribution in [0.15, 0.2) is 122 Å². The predicted molar refractivity (Wildman–Crippen MR) is 236 cm³/mol. The number of allylic oxidation sites excluding steroid dienone is 20. The lowest BCUT2D eigenvalue weighted by atomic mass is 10.0. The van der Waals surface area contributed by atoms with Gasteiger partial charge in [-0.25, -0.2) is 0 Å². The number of aliphatic hydroxyl groups is 2. The molecule has 0 aliphatic carbocycles. The van der Waals surface area contributed by atoms with E-state index in [2.05, 4.69) is 44.3 Å². The first-order chi connectivity index (χ1) is 27.0. The van der Waals surface area contributed by atoms with Crippen molar-refractivity contribution < 1.29 is 24.5 Å². The summed E-state index contributed by atoms with van der Waals surface area (Å²) in [7, 11) is 0. The molecule has 0 aromatic rings. The molecule has 0 aliphatic heterocycles. The molecule has 1 amide bonds. The summed E-state index contributed by atoms with van der Waals surface area (Å²) in [5, 5.41) is 23.5. The second kappa shape index (κ2) is 41.4. The van der Waals surface area contributed by atoms with Crippen LogP contribution < -0.4 is 5.32 Å². The number of ether oxygens (including phenoxy) is 1. The Bertz CT molecular complexity index is 1220. The molecule has 0 radical (unpaired) electrons. The molecule has 0 aromatic heterocycles. The molecule has 0 rings (SSSR count). The average Bonchev–Trinajstić information content (AvgIpc) is 3.18. The Kier molecular flexibility index (Phi) is 38.6. The van der Waals surface area contributed by atoms with Crippen molar-refractivity contribution >= 4 is 11.9 Å². The van der Waals surface area contributed by atoms with Gasteiger partial charge in [0.05, 0.1) is 25.2 Å². The first kappa shape index (κ1) is 51.3. The maximum absolute atomic E-state index is 13.1. The molecule has 0 fully saturated rings. The molecule has 308 valence electrons. The smallest absolute Gasteiger partial charge is 0.306 e. The Hall–Kier alpha value is -3.74. The quantitative estimate of drug-likeness (QED) is 0.0340. The van der Waals surface area contributed by atoms with Gasteiger partial charge < -0.3 is 20.3 Å². The predicted octanol–water partition coefficient (Wildman–Crippen LogP) is 12.2. The van der Waals surface area contributed by atoms with E-state index < -0.39 is 18.2 Å². The Labute approximate surface area is 336 Å². The van der Waals surface area contributed by atoms with Gasteiger partial charge in [0.1, 0.15) is 6.10 Å². The van der Waals surface area contributed by atoms with Crippen molar-refractivity contribution in [2.24, 2.45) is 0 Å². The van der Waals surface area contributed by atoms with Crippen molar-refractivity contribution in [1.29, 1.82) is 0 Å². The van der Waals surface area contributed by atoms with E-state index in [1.54, 1.807) is 0 Å². The first-order valence-electron chi connectivity index (χ1n) is 21.4. The van der Waals surface area contributed by atoms with E-state index in [9.17, 15) is 19.8 Å². The van der Waals surface area contributed by atoms with Crippen LogP contribution in [0.3, 0.4) is 0 Å². The molecule has 0 bridgehead atoms. The molecule has 0 spiro atoms. The first-order valence-corrected chi connectivity index (χ1v) is 21.4. The van der Waals surface area contributed by atoms with Crippen LogP contribution in [0.1, 0.15) is 149 Å². The third kappa shape index (κ3) is 37.0. The summed E-state index contributed by atoms with van der Waals surface area (Å²) >= 11 is 0. The van der Waals surface area contributed by atoms with Crippen molar-refractivity contribution in [3.8, 4) is 0 Å². The normalized spacial score (nSPS) is 14.6. The number of carbonyl (C=O) groups excluding carboxylic acids is 2. The molecule has 55 heavy (non-hydrogen) atoms. The largest absolute Gasteiger partial charge is 0.462 e. The highest BCUT2D eigenvalue weighted by Crippen LogP contribution is 2.15. The number of carbonyl (C=O) groups is 2. The minimum absolute atomic E-state index is 0.00904. The third-order valence-electron chi connectivity index (χ3n) is 8.79. The molecule has 6 nitrogen and oxygen atoms in total. The molecule has 0 aliphatic rings. The van der Waals surface area contributed by atoms with Crippen LogP contribution in [-0.2, 0) is 14.3 Å². The average molecular weight is 760 g/mol. The van der Waals surface area contributed by atoms with Crippen LogP contribution >= 0.6 is 0 Å². The highest BCUT2D eigenvalue weighted by Gasteiger charge is 2.23. The summed E-state index contributed by atoms with van der Waals surface area (Å²) in [4.78, 5) is 25.9. The Morgan fingerprint density at radius 2 is 0.982 bits per heavy atom. The fraction of sp³-hybridized carbons (Fsp3) is 0.551. The molecule has 6 heteroatoms. The van der Waals surface area contributed by atoms with Crippen molar-refractivity contribution in [2.45, 2.75) is 167 Å². The second-order valence-electron chi connectivity index (χ2n) is 13.9. The highest BCUT2D eigenvalue weighted by atomic mass is 16.5. The van der Waals surface area contributed by atoms with E-state index in [0.29, 0.717) is 19.3 Å². The topological polar surface area (TPSA) is 95.9 Å². The van der Waals surface area contributed by atoms with Gasteiger partial charge in [-0.1, -0.05) is 206 Å². The molecule has 3 unspecified atom stereocenters. The summed E-state index contributed by atoms with van der Waals surface area (Å²) in [6, 6.07) is -0.745. The van der Waals surface area contributed by atoms with Crippen molar-refractivity contribution in [1.82, 2.24) is 5.32 Å². The van der Waals surface area contributed by atoms with Crippen LogP contribution in [0.5, 0.6) is 0 Å². The summed E-state index contributed by atoms with van der Waals surface area (Å²) in [5.41, 5.74) is 0. The van der Waals surface area contributed by atoms with Crippen molar-refractivity contribution in [3.05, 3.63) is 122 Å². The van der Waals surface area contributed by atoms with E-state index in [1.165, 1.54) is 44.9 Å². The van der Waals surface area contributed by atoms with Gasteiger partial charge in [0.2, 0.25) is 5.91 Å². The molecular formula is C49H77NO5. The molecule has 0 saturated heterocycles. The van der Waals surface area contributed by atoms with Crippen molar-refractivity contribution in [3.63, 3.8) is 0 Å². The summed E-state index contributed by atoms with van der Waals surface area (Å²) < 4.78 is 5.81. The van der Waals surface area contributed by atoms with Gasteiger partial charge in [-0.05, 0) is 51.4 Å². The number of aliphatic hydroxyl groups excluding tert-OH is 2. The minimum atomic E-state index is -0.824. The number of nitrogens with one attached hydrogen (secondary N) is 1. The lowest BCUT2D eigenvalue weighted by Crippen LogP contribution is -2.46. The number of rotatable bonds is 35. The zero-order valence-electron chi connectivity index (χ0n) is 34.7. The van der Waals surface area contributed by atoms with E-state index in [4.69, 9.17) is 4.74 Å². The number of hydrogen-bond acceptors (Lipinski definition) is 5. The third-order valence-corrected chi connectivity index (χ3v) is 8.79. The lowest BCUT2D eigenvalue weighted by Gasteiger charge is -2.24. The Balaban J connectivity index is 4.92. The maximum Gasteiger partial charge on any atom is 0.306 e. The lowest BCUT2D eigenvalue weighted by molar-refractivity contribution is -0.151. The van der Waals surface area contributed by atoms with E-state index in [0.717, 1.165) is 51.4 Å². The second-order valence-corrected chi connectivity index (χ2v) is 13.9. The fourth-order valence-electron chi connectivity index (χ4n) is 5.60. The zero-order chi connectivity index (χ0) is 40.3. The van der Waals surface area contributed by atoms with Gasteiger partial charge in [-0.3, -0.25) is 9.59 Å². The van der Waals surface area contributed by atoms with E-state index in [1.807, 2.05) is 103 Å². The number of hydrogen-bond donors (Lipinski definition) is 3. The van der Waals surface area contributed by atoms with Gasteiger partial charge in [0, 0.05) is 6.42 Å². The SMILES string of the molecule is CC/C=C/C=C/C=C\C=C/C=C/CCCC(=O)OC(CCC/C=C/C=C\C=C/C=C/C=C/CC)CC(=O)NC(CO)C(O)CCCCCCCCCCCC. The summed E-state index contributed by atoms with van der Waals surface area (Å²) in [5.74, 6) is -0.655. The van der Waals surface area contributed by atoms with Crippen LogP contribution in [0.25, 0.3) is 0 Å². The number of unbranched alkanes of at least 4 members (excludes halogenated alkanes) is 11. The molecule has 0 aromatic carbocycles. The Morgan fingerprint density at radius 1 is 0.545 bits per heavy atom. The number of amides is 1. The van der Waals surface area contributed by atoms with Crippen LogP contribution in [0.4, 0.5) is 0 Å². The summed E-state index contributed by atoms with van der Waals surface area (Å²) in [6.07, 6.45) is 56.9.